The minimum Gasteiger partial charge on any atom is -0.488 e. The van der Waals surface area contributed by atoms with Crippen molar-refractivity contribution in [2.24, 2.45) is 0 Å². The number of amides is 1. The molecule has 0 radical (unpaired) electrons. The highest BCUT2D eigenvalue weighted by Crippen LogP contribution is 2.44. The lowest BCUT2D eigenvalue weighted by Crippen LogP contribution is -2.16. The van der Waals surface area contributed by atoms with Crippen LogP contribution in [0.1, 0.15) is 22.8 Å². The maximum Gasteiger partial charge on any atom is 0.419 e. The van der Waals surface area contributed by atoms with Gasteiger partial charge in [-0.2, -0.15) is 13.2 Å². The van der Waals surface area contributed by atoms with Gasteiger partial charge < -0.3 is 9.47 Å². The fraction of sp³-hybridized carbons (Fsp3) is 0.167. The van der Waals surface area contributed by atoms with E-state index in [2.05, 4.69) is 4.72 Å². The molecule has 4 rings (SSSR count). The third kappa shape index (κ3) is 3.30. The molecule has 0 aliphatic carbocycles. The maximum absolute atomic E-state index is 13.1. The van der Waals surface area contributed by atoms with Crippen molar-refractivity contribution in [2.45, 2.75) is 12.3 Å². The fourth-order valence-electron chi connectivity index (χ4n) is 2.94. The first-order chi connectivity index (χ1) is 12.8. The molecule has 1 N–H and O–H groups in total. The van der Waals surface area contributed by atoms with Crippen LogP contribution in [-0.2, 0) is 22.0 Å². The van der Waals surface area contributed by atoms with Crippen LogP contribution in [0.3, 0.4) is 0 Å². The molecule has 140 valence electrons. The molecule has 2 aliphatic heterocycles. The van der Waals surface area contributed by atoms with Crippen molar-refractivity contribution in [3.8, 4) is 11.5 Å². The van der Waals surface area contributed by atoms with Crippen molar-refractivity contribution in [3.05, 3.63) is 65.2 Å². The number of hydrogen-bond donors (Lipinski definition) is 1. The lowest BCUT2D eigenvalue weighted by Gasteiger charge is -2.14. The van der Waals surface area contributed by atoms with Gasteiger partial charge in [0.2, 0.25) is 0 Å². The molecular weight excluding hydrogens is 383 g/mol. The highest BCUT2D eigenvalue weighted by atomic mass is 32.2. The molecule has 0 spiro atoms. The monoisotopic (exact) mass is 395 g/mol. The van der Waals surface area contributed by atoms with Gasteiger partial charge in [0.15, 0.2) is 17.1 Å². The first kappa shape index (κ1) is 17.6. The summed E-state index contributed by atoms with van der Waals surface area (Å²) in [7, 11) is -1.60. The maximum atomic E-state index is 13.1. The van der Waals surface area contributed by atoms with Crippen LogP contribution in [0.2, 0.25) is 0 Å². The lowest BCUT2D eigenvalue weighted by molar-refractivity contribution is -0.138. The lowest BCUT2D eigenvalue weighted by atomic mass is 10.1. The molecule has 0 aromatic heterocycles. The number of ether oxygens (including phenoxy) is 2. The van der Waals surface area contributed by atoms with Crippen LogP contribution in [0.5, 0.6) is 11.5 Å². The van der Waals surface area contributed by atoms with Crippen LogP contribution in [0.4, 0.5) is 13.2 Å². The summed E-state index contributed by atoms with van der Waals surface area (Å²) in [5, 5.41) is 0. The minimum atomic E-state index is -4.50. The summed E-state index contributed by atoms with van der Waals surface area (Å²) in [5.74, 6) is -0.215. The first-order valence-corrected chi connectivity index (χ1v) is 9.02. The van der Waals surface area contributed by atoms with E-state index in [0.717, 1.165) is 6.07 Å². The molecule has 5 nitrogen and oxygen atoms in total. The SMILES string of the molecule is O=C1C=C(c2ccc(OC3COc4c3cccc4C(F)(F)F)cc2)S(=O)N1. The summed E-state index contributed by atoms with van der Waals surface area (Å²) < 4.78 is 64.2. The van der Waals surface area contributed by atoms with Crippen molar-refractivity contribution in [2.75, 3.05) is 6.61 Å². The fourth-order valence-corrected chi connectivity index (χ4v) is 3.86. The number of carbonyl (C=O) groups is 1. The first-order valence-electron chi connectivity index (χ1n) is 7.87. The summed E-state index contributed by atoms with van der Waals surface area (Å²) >= 11 is 0. The molecule has 27 heavy (non-hydrogen) atoms. The number of benzene rings is 2. The Kier molecular flexibility index (Phi) is 4.18. The number of alkyl halides is 3. The minimum absolute atomic E-state index is 0.0300. The van der Waals surface area contributed by atoms with Gasteiger partial charge in [-0.15, -0.1) is 0 Å². The molecule has 0 saturated carbocycles. The highest BCUT2D eigenvalue weighted by molar-refractivity contribution is 7.93. The summed E-state index contributed by atoms with van der Waals surface area (Å²) in [5.41, 5.74) is 0.0963. The topological polar surface area (TPSA) is 64.6 Å². The van der Waals surface area contributed by atoms with E-state index < -0.39 is 34.7 Å². The van der Waals surface area contributed by atoms with Crippen LogP contribution in [-0.4, -0.2) is 16.7 Å². The number of halogens is 3. The zero-order valence-corrected chi connectivity index (χ0v) is 14.4. The van der Waals surface area contributed by atoms with E-state index in [4.69, 9.17) is 9.47 Å². The Morgan fingerprint density at radius 3 is 2.52 bits per heavy atom. The zero-order chi connectivity index (χ0) is 19.2. The quantitative estimate of drug-likeness (QED) is 0.866. The largest absolute Gasteiger partial charge is 0.488 e. The third-order valence-corrected chi connectivity index (χ3v) is 5.29. The van der Waals surface area contributed by atoms with Gasteiger partial charge in [0, 0.05) is 11.6 Å². The predicted molar refractivity (Wildman–Crippen MR) is 91.0 cm³/mol. The van der Waals surface area contributed by atoms with E-state index in [1.165, 1.54) is 12.1 Å². The molecule has 2 aromatic carbocycles. The van der Waals surface area contributed by atoms with Crippen molar-refractivity contribution in [3.63, 3.8) is 0 Å². The number of carbonyl (C=O) groups excluding carboxylic acids is 1. The van der Waals surface area contributed by atoms with Gasteiger partial charge in [-0.3, -0.25) is 9.52 Å². The second-order valence-electron chi connectivity index (χ2n) is 5.91. The Hall–Kier alpha value is -2.81. The van der Waals surface area contributed by atoms with Crippen LogP contribution in [0.25, 0.3) is 4.91 Å². The van der Waals surface area contributed by atoms with Gasteiger partial charge in [-0.25, -0.2) is 4.21 Å². The van der Waals surface area contributed by atoms with E-state index in [1.54, 1.807) is 30.3 Å². The van der Waals surface area contributed by atoms with Gasteiger partial charge in [-0.1, -0.05) is 24.3 Å². The van der Waals surface area contributed by atoms with Crippen LogP contribution < -0.4 is 14.2 Å². The standard InChI is InChI=1S/C18H12F3NO4S/c19-18(20,21)13-3-1-2-12-14(9-25-17(12)13)26-11-6-4-10(5-7-11)15-8-16(23)22-27(15)24/h1-8,14H,9H2,(H,22,23). The second kappa shape index (κ2) is 6.41. The van der Waals surface area contributed by atoms with E-state index in [9.17, 15) is 22.2 Å². The molecule has 9 heteroatoms. The Balaban J connectivity index is 1.55. The van der Waals surface area contributed by atoms with E-state index in [1.807, 2.05) is 0 Å². The third-order valence-electron chi connectivity index (χ3n) is 4.15. The van der Waals surface area contributed by atoms with E-state index >= 15 is 0 Å². The van der Waals surface area contributed by atoms with Crippen molar-refractivity contribution < 1.29 is 31.6 Å². The molecule has 2 heterocycles. The van der Waals surface area contributed by atoms with Gasteiger partial charge in [0.25, 0.3) is 5.91 Å². The van der Waals surface area contributed by atoms with E-state index in [-0.39, 0.29) is 12.4 Å². The molecule has 0 saturated heterocycles. The Bertz CT molecular complexity index is 970. The van der Waals surface area contributed by atoms with Gasteiger partial charge in [0.05, 0.1) is 10.5 Å². The molecule has 2 aromatic rings. The molecule has 0 bridgehead atoms. The summed E-state index contributed by atoms with van der Waals surface area (Å²) in [6.45, 7) is -0.0300. The van der Waals surface area contributed by atoms with Crippen LogP contribution >= 0.6 is 0 Å². The molecule has 1 amide bonds. The summed E-state index contributed by atoms with van der Waals surface area (Å²) in [6, 6.07) is 10.3. The number of hydrogen-bond acceptors (Lipinski definition) is 4. The Morgan fingerprint density at radius 2 is 1.89 bits per heavy atom. The van der Waals surface area contributed by atoms with Crippen LogP contribution in [0, 0.1) is 0 Å². The number of fused-ring (bicyclic) bond motifs is 1. The highest BCUT2D eigenvalue weighted by Gasteiger charge is 2.39. The molecule has 0 fully saturated rings. The average molecular weight is 395 g/mol. The summed E-state index contributed by atoms with van der Waals surface area (Å²) in [4.78, 5) is 11.6. The Morgan fingerprint density at radius 1 is 1.15 bits per heavy atom. The number of nitrogens with one attached hydrogen (secondary N) is 1. The van der Waals surface area contributed by atoms with E-state index in [0.29, 0.717) is 21.8 Å². The number of rotatable bonds is 3. The van der Waals surface area contributed by atoms with Crippen molar-refractivity contribution >= 4 is 21.8 Å². The van der Waals surface area contributed by atoms with Gasteiger partial charge in [-0.05, 0) is 23.8 Å². The molecule has 2 aliphatic rings. The predicted octanol–water partition coefficient (Wildman–Crippen LogP) is 3.35. The number of para-hydroxylation sites is 1. The molecular formula is C18H12F3NO4S. The molecule has 2 atom stereocenters. The normalized spacial score (nSPS) is 21.3. The summed E-state index contributed by atoms with van der Waals surface area (Å²) in [6.07, 6.45) is -3.92. The van der Waals surface area contributed by atoms with Crippen LogP contribution in [0.15, 0.2) is 48.5 Å². The van der Waals surface area contributed by atoms with Crippen molar-refractivity contribution in [1.29, 1.82) is 0 Å². The van der Waals surface area contributed by atoms with Gasteiger partial charge >= 0.3 is 6.18 Å². The smallest absolute Gasteiger partial charge is 0.419 e. The average Bonchev–Trinajstić information content (AvgIpc) is 3.17. The van der Waals surface area contributed by atoms with Crippen molar-refractivity contribution in [1.82, 2.24) is 4.72 Å². The molecule has 2 unspecified atom stereocenters. The zero-order valence-electron chi connectivity index (χ0n) is 13.6. The van der Waals surface area contributed by atoms with Gasteiger partial charge in [0.1, 0.15) is 18.1 Å². The second-order valence-corrected chi connectivity index (χ2v) is 7.09. The Labute approximate surface area is 154 Å².